The molecule has 6 rings (SSSR count). The first kappa shape index (κ1) is 62.6. The summed E-state index contributed by atoms with van der Waals surface area (Å²) in [6, 6.07) is 9.85. The molecule has 1 aromatic carbocycles. The van der Waals surface area contributed by atoms with E-state index in [4.69, 9.17) is 33.2 Å². The number of methoxy groups -OCH3 is 2. The smallest absolute Gasteiger partial charge is 0.311 e. The highest BCUT2D eigenvalue weighted by Gasteiger charge is 2.53. The van der Waals surface area contributed by atoms with Crippen molar-refractivity contribution in [3.63, 3.8) is 0 Å². The van der Waals surface area contributed by atoms with E-state index in [1.54, 1.807) is 61.8 Å². The number of nitrogens with zero attached hydrogens (tertiary/aromatic N) is 6. The molecule has 0 radical (unpaired) electrons. The molecule has 19 nitrogen and oxygen atoms in total. The van der Waals surface area contributed by atoms with Crippen LogP contribution in [0.5, 0.6) is 0 Å². The van der Waals surface area contributed by atoms with Crippen LogP contribution in [-0.2, 0) is 44.4 Å². The maximum absolute atomic E-state index is 15.0. The van der Waals surface area contributed by atoms with Crippen molar-refractivity contribution in [3.05, 3.63) is 65.7 Å². The van der Waals surface area contributed by atoms with Crippen molar-refractivity contribution in [1.82, 2.24) is 29.8 Å². The van der Waals surface area contributed by atoms with E-state index in [1.807, 2.05) is 87.3 Å². The van der Waals surface area contributed by atoms with Gasteiger partial charge in [0.1, 0.15) is 48.8 Å². The second kappa shape index (κ2) is 26.3. The molecule has 5 heterocycles. The van der Waals surface area contributed by atoms with Crippen LogP contribution in [0.1, 0.15) is 124 Å². The number of esters is 1. The van der Waals surface area contributed by atoms with Gasteiger partial charge in [-0.3, -0.25) is 9.78 Å². The zero-order chi connectivity index (χ0) is 56.9. The number of rotatable bonds is 16. The number of carbonyl (C=O) groups is 1. The maximum atomic E-state index is 15.0. The molecule has 0 spiro atoms. The number of carbonyl (C=O) groups excluding carboxylic acids is 1. The van der Waals surface area contributed by atoms with Gasteiger partial charge in [-0.2, -0.15) is 0 Å². The fourth-order valence-electron chi connectivity index (χ4n) is 12.0. The van der Waals surface area contributed by atoms with E-state index in [2.05, 4.69) is 15.3 Å². The summed E-state index contributed by atoms with van der Waals surface area (Å²) in [5.74, 6) is -2.88. The van der Waals surface area contributed by atoms with Gasteiger partial charge in [0.15, 0.2) is 12.6 Å². The van der Waals surface area contributed by atoms with Crippen LogP contribution in [0.25, 0.3) is 11.1 Å². The monoisotopic (exact) mass is 1090 g/mol. The third kappa shape index (κ3) is 14.5. The normalized spacial score (nSPS) is 38.2. The third-order valence-corrected chi connectivity index (χ3v) is 17.0. The largest absolute Gasteiger partial charge is 0.459 e. The van der Waals surface area contributed by atoms with E-state index in [0.29, 0.717) is 31.6 Å². The minimum Gasteiger partial charge on any atom is -0.459 e. The Kier molecular flexibility index (Phi) is 21.4. The topological polar surface area (TPSA) is 233 Å². The Bertz CT molecular complexity index is 2310. The predicted molar refractivity (Wildman–Crippen MR) is 286 cm³/mol. The molecule has 2 aromatic heterocycles. The van der Waals surface area contributed by atoms with Crippen molar-refractivity contribution in [3.8, 4) is 11.1 Å². The number of ether oxygens (including phenoxy) is 7. The minimum atomic E-state index is -1.85. The maximum Gasteiger partial charge on any atom is 0.311 e. The lowest BCUT2D eigenvalue weighted by Crippen LogP contribution is -2.61. The molecule has 0 bridgehead atoms. The van der Waals surface area contributed by atoms with Gasteiger partial charge in [-0.05, 0) is 112 Å². The van der Waals surface area contributed by atoms with Gasteiger partial charge >= 0.3 is 5.97 Å². The summed E-state index contributed by atoms with van der Waals surface area (Å²) in [5, 5.41) is 68.7. The van der Waals surface area contributed by atoms with E-state index in [9.17, 15) is 34.7 Å². The molecule has 434 valence electrons. The van der Waals surface area contributed by atoms with E-state index in [-0.39, 0.29) is 25.2 Å². The lowest BCUT2D eigenvalue weighted by molar-refractivity contribution is -0.318. The minimum absolute atomic E-state index is 0.0835. The van der Waals surface area contributed by atoms with E-state index in [0.717, 1.165) is 22.4 Å². The van der Waals surface area contributed by atoms with Crippen LogP contribution in [0.15, 0.2) is 48.8 Å². The number of likely N-dealkylation sites (N-methyl/N-ethyl adjacent to an activating group) is 2. The number of aromatic nitrogens is 4. The number of hydrogen-bond donors (Lipinski definition) is 5. The molecule has 5 N–H and O–H groups in total. The molecule has 3 aromatic rings. The second-order valence-electron chi connectivity index (χ2n) is 23.3. The average Bonchev–Trinajstić information content (AvgIpc) is 3.87. The van der Waals surface area contributed by atoms with E-state index in [1.165, 1.54) is 18.7 Å². The summed E-state index contributed by atoms with van der Waals surface area (Å²) >= 11 is 0. The Morgan fingerprint density at radius 1 is 0.935 bits per heavy atom. The molecular formula is C57H91FN6O13. The van der Waals surface area contributed by atoms with Crippen molar-refractivity contribution >= 4 is 5.97 Å². The zero-order valence-electron chi connectivity index (χ0n) is 48.2. The first-order valence-electron chi connectivity index (χ1n) is 27.5. The summed E-state index contributed by atoms with van der Waals surface area (Å²) in [7, 11) is 6.76. The van der Waals surface area contributed by atoms with Crippen molar-refractivity contribution < 1.29 is 67.9 Å². The van der Waals surface area contributed by atoms with Gasteiger partial charge in [-0.15, -0.1) is 5.10 Å². The highest BCUT2D eigenvalue weighted by Crippen LogP contribution is 2.41. The van der Waals surface area contributed by atoms with Crippen LogP contribution >= 0.6 is 0 Å². The Morgan fingerprint density at radius 2 is 1.61 bits per heavy atom. The number of pyridine rings is 1. The summed E-state index contributed by atoms with van der Waals surface area (Å²) in [6.45, 7) is 19.4. The number of cyclic esters (lactones) is 1. The summed E-state index contributed by atoms with van der Waals surface area (Å²) < 4.78 is 60.7. The highest BCUT2D eigenvalue weighted by atomic mass is 19.1. The summed E-state index contributed by atoms with van der Waals surface area (Å²) in [6.07, 6.45) is -6.17. The third-order valence-electron chi connectivity index (χ3n) is 17.0. The Hall–Kier alpha value is -3.61. The predicted octanol–water partition coefficient (Wildman–Crippen LogP) is 5.37. The molecule has 0 aliphatic carbocycles. The van der Waals surface area contributed by atoms with E-state index < -0.39 is 127 Å². The average molecular weight is 1090 g/mol. The first-order valence-corrected chi connectivity index (χ1v) is 27.5. The van der Waals surface area contributed by atoms with Gasteiger partial charge in [0, 0.05) is 81.8 Å². The van der Waals surface area contributed by atoms with Crippen molar-refractivity contribution in [2.24, 2.45) is 17.8 Å². The van der Waals surface area contributed by atoms with Crippen LogP contribution in [0.4, 0.5) is 4.39 Å². The SMILES string of the molecule is CC[C@H]1OC(=O)[C@H](C)[C@@H](O[C@H]2C[C@@](C)(OC)[C@@H](O)[C@H](C)O2)[C@H](C)[C@@H](O[C@@H]2O[C@H](C)C[C@H](N(C)CCc3cn([C@H](CF)[C@H](OC)c4ccc(-c5ccc(C)nc5)cc4)nn3)[C@H]2O)[C@](C)(O)C[C@@H](C)CN(C)[C@H](C)[C@@H](O)[C@]1(C)O. The van der Waals surface area contributed by atoms with Gasteiger partial charge < -0.3 is 68.5 Å². The highest BCUT2D eigenvalue weighted by molar-refractivity contribution is 5.73. The zero-order valence-corrected chi connectivity index (χ0v) is 48.2. The van der Waals surface area contributed by atoms with Crippen molar-refractivity contribution in [1.29, 1.82) is 0 Å². The molecule has 3 aliphatic rings. The fraction of sp³-hybridized carbons (Fsp3) is 0.754. The summed E-state index contributed by atoms with van der Waals surface area (Å²) in [5.41, 5.74) is -0.334. The lowest BCUT2D eigenvalue weighted by atomic mass is 9.77. The Balaban J connectivity index is 1.25. The van der Waals surface area contributed by atoms with Crippen LogP contribution in [-0.4, -0.2) is 200 Å². The van der Waals surface area contributed by atoms with E-state index >= 15 is 0 Å². The fourth-order valence-corrected chi connectivity index (χ4v) is 12.0. The number of aliphatic hydroxyl groups is 5. The second-order valence-corrected chi connectivity index (χ2v) is 23.3. The molecule has 20 heteroatoms. The Morgan fingerprint density at radius 3 is 2.22 bits per heavy atom. The molecule has 3 fully saturated rings. The number of aliphatic hydroxyl groups excluding tert-OH is 3. The number of aryl methyl sites for hydroxylation is 1. The van der Waals surface area contributed by atoms with Crippen LogP contribution < -0.4 is 0 Å². The van der Waals surface area contributed by atoms with Crippen molar-refractivity contribution in [2.75, 3.05) is 48.1 Å². The van der Waals surface area contributed by atoms with Crippen molar-refractivity contribution in [2.45, 2.75) is 211 Å². The molecule has 0 unspecified atom stereocenters. The molecule has 3 aliphatic heterocycles. The molecule has 0 amide bonds. The number of halogens is 1. The Labute approximate surface area is 455 Å². The van der Waals surface area contributed by atoms with Crippen LogP contribution in [0.3, 0.4) is 0 Å². The van der Waals surface area contributed by atoms with Gasteiger partial charge in [0.2, 0.25) is 0 Å². The summed E-state index contributed by atoms with van der Waals surface area (Å²) in [4.78, 5) is 22.9. The lowest BCUT2D eigenvalue weighted by Gasteiger charge is -2.49. The van der Waals surface area contributed by atoms with Gasteiger partial charge in [-0.1, -0.05) is 56.3 Å². The van der Waals surface area contributed by atoms with Crippen LogP contribution in [0.2, 0.25) is 0 Å². The number of hydrogen-bond acceptors (Lipinski definition) is 18. The van der Waals surface area contributed by atoms with Gasteiger partial charge in [-0.25, -0.2) is 9.07 Å². The first-order chi connectivity index (χ1) is 36.2. The number of benzene rings is 1. The molecule has 0 saturated carbocycles. The quantitative estimate of drug-likeness (QED) is 0.113. The molecular weight excluding hydrogens is 996 g/mol. The van der Waals surface area contributed by atoms with Crippen LogP contribution in [0, 0.1) is 24.7 Å². The molecule has 77 heavy (non-hydrogen) atoms. The van der Waals surface area contributed by atoms with Gasteiger partial charge in [0.05, 0.1) is 47.2 Å². The molecule has 20 atom stereocenters. The number of alkyl halides is 1. The standard InChI is InChI=1S/C57H91FN6O13/c1-16-45-57(11,70)50(66)37(7)63(13)30-32(2)26-55(9,69)52(35(5)48(36(6)53(68)75-45)76-46-27-56(10,72-15)51(67)38(8)74-46)77-54-47(65)43(25-34(4)73-54)62(12)24-23-42-31-64(61-60-42)44(28-58)49(71-14)40-21-19-39(20-22-40)41-18-17-33(3)59-29-41/h17-22,29,31-32,34-38,43-52,54,65-67,69-70H,16,23-28,30H2,1-15H3/t32-,34-,35+,36-,37-,38+,43+,44-,45-,46+,47-,48+,49-,50-,51+,52-,54+,55-,56-,57-/m1/s1. The molecule has 3 saturated heterocycles. The van der Waals surface area contributed by atoms with Gasteiger partial charge in [0.25, 0.3) is 0 Å².